The molecule has 1 aliphatic rings. The van der Waals surface area contributed by atoms with Gasteiger partial charge in [-0.15, -0.1) is 0 Å². The van der Waals surface area contributed by atoms with Gasteiger partial charge < -0.3 is 19.0 Å². The molecule has 9 heteroatoms. The molecule has 1 saturated heterocycles. The number of hydrogen-bond acceptors (Lipinski definition) is 7. The number of anilines is 1. The highest BCUT2D eigenvalue weighted by Gasteiger charge is 2.34. The number of carboxylic acid groups (broad SMARTS) is 1. The van der Waals surface area contributed by atoms with Crippen LogP contribution in [0.4, 0.5) is 11.4 Å². The molecule has 1 N–H and O–H groups in total. The van der Waals surface area contributed by atoms with Crippen LogP contribution < -0.4 is 14.4 Å². The number of amidine groups is 1. The first-order valence-corrected chi connectivity index (χ1v) is 12.4. The maximum Gasteiger partial charge on any atom is 0.371 e. The minimum absolute atomic E-state index is 0.0315. The van der Waals surface area contributed by atoms with Crippen molar-refractivity contribution < 1.29 is 28.6 Å². The minimum Gasteiger partial charge on any atom is -0.493 e. The zero-order valence-electron chi connectivity index (χ0n) is 20.2. The first kappa shape index (κ1) is 24.9. The van der Waals surface area contributed by atoms with E-state index in [2.05, 4.69) is 0 Å². The van der Waals surface area contributed by atoms with E-state index in [0.717, 1.165) is 16.9 Å². The molecular formula is C29H22N2O6S. The van der Waals surface area contributed by atoms with Crippen molar-refractivity contribution in [2.75, 3.05) is 12.0 Å². The maximum atomic E-state index is 13.5. The smallest absolute Gasteiger partial charge is 0.371 e. The Balaban J connectivity index is 1.40. The van der Waals surface area contributed by atoms with Crippen LogP contribution in [0, 0.1) is 0 Å². The third-order valence-corrected chi connectivity index (χ3v) is 6.50. The molecule has 8 nitrogen and oxygen atoms in total. The fourth-order valence-electron chi connectivity index (χ4n) is 3.73. The lowest BCUT2D eigenvalue weighted by Gasteiger charge is -2.15. The number of carbonyl (C=O) groups is 2. The number of hydrogen-bond donors (Lipinski definition) is 1. The molecule has 1 aliphatic heterocycles. The monoisotopic (exact) mass is 526 g/mol. The number of nitrogens with zero attached hydrogens (tertiary/aromatic N) is 2. The molecule has 5 rings (SSSR count). The predicted octanol–water partition coefficient (Wildman–Crippen LogP) is 6.37. The summed E-state index contributed by atoms with van der Waals surface area (Å²) in [7, 11) is 1.52. The van der Waals surface area contributed by atoms with Crippen LogP contribution in [0.15, 0.2) is 105 Å². The number of carbonyl (C=O) groups excluding carboxylic acids is 1. The van der Waals surface area contributed by atoms with Gasteiger partial charge in [0.25, 0.3) is 5.91 Å². The summed E-state index contributed by atoms with van der Waals surface area (Å²) in [4.78, 5) is 31.3. The van der Waals surface area contributed by atoms with Crippen LogP contribution in [0.5, 0.6) is 11.5 Å². The fraction of sp³-hybridized carbons (Fsp3) is 0.0690. The molecule has 0 radical (unpaired) electrons. The van der Waals surface area contributed by atoms with E-state index >= 15 is 0 Å². The standard InChI is InChI=1S/C29H22N2O6S/c1-35-25-16-19(12-14-23(25)36-18-22-13-15-24(37-22)28(33)34)17-26-27(32)31(21-10-6-3-7-11-21)29(38-26)30-20-8-4-2-5-9-20/h2-17H,18H2,1H3,(H,33,34)/b26-17-,30-29?. The van der Waals surface area contributed by atoms with Gasteiger partial charge in [-0.3, -0.25) is 9.69 Å². The van der Waals surface area contributed by atoms with Crippen LogP contribution in [0.1, 0.15) is 21.9 Å². The molecule has 0 unspecified atom stereocenters. The van der Waals surface area contributed by atoms with Crippen LogP contribution in [0.3, 0.4) is 0 Å². The first-order chi connectivity index (χ1) is 18.5. The summed E-state index contributed by atoms with van der Waals surface area (Å²) in [5.74, 6) is -0.204. The lowest BCUT2D eigenvalue weighted by molar-refractivity contribution is -0.113. The Labute approximate surface area is 222 Å². The number of ether oxygens (including phenoxy) is 2. The fourth-order valence-corrected chi connectivity index (χ4v) is 4.73. The van der Waals surface area contributed by atoms with Crippen molar-refractivity contribution in [2.24, 2.45) is 4.99 Å². The number of furan rings is 1. The van der Waals surface area contributed by atoms with Gasteiger partial charge in [0.1, 0.15) is 12.4 Å². The second-order valence-corrected chi connectivity index (χ2v) is 9.10. The van der Waals surface area contributed by atoms with Gasteiger partial charge in [0, 0.05) is 0 Å². The third kappa shape index (κ3) is 5.47. The summed E-state index contributed by atoms with van der Waals surface area (Å²) in [5.41, 5.74) is 2.22. The second kappa shape index (κ2) is 11.1. The number of thioether (sulfide) groups is 1. The summed E-state index contributed by atoms with van der Waals surface area (Å²) in [6, 6.07) is 27.1. The van der Waals surface area contributed by atoms with Crippen LogP contribution >= 0.6 is 11.8 Å². The number of rotatable bonds is 8. The second-order valence-electron chi connectivity index (χ2n) is 8.09. The Morgan fingerprint density at radius 3 is 2.42 bits per heavy atom. The van der Waals surface area contributed by atoms with Gasteiger partial charge in [0.05, 0.1) is 23.4 Å². The maximum absolute atomic E-state index is 13.5. The van der Waals surface area contributed by atoms with Crippen molar-refractivity contribution in [3.8, 4) is 11.5 Å². The Morgan fingerprint density at radius 1 is 1.00 bits per heavy atom. The predicted molar refractivity (Wildman–Crippen MR) is 146 cm³/mol. The van der Waals surface area contributed by atoms with Gasteiger partial charge in [-0.25, -0.2) is 9.79 Å². The van der Waals surface area contributed by atoms with E-state index < -0.39 is 5.97 Å². The van der Waals surface area contributed by atoms with E-state index in [9.17, 15) is 9.59 Å². The summed E-state index contributed by atoms with van der Waals surface area (Å²) in [6.07, 6.45) is 1.79. The number of aliphatic imine (C=N–C) groups is 1. The molecule has 1 aromatic heterocycles. The molecule has 3 aromatic carbocycles. The first-order valence-electron chi connectivity index (χ1n) is 11.6. The van der Waals surface area contributed by atoms with Gasteiger partial charge in [0.15, 0.2) is 16.7 Å². The van der Waals surface area contributed by atoms with Gasteiger partial charge >= 0.3 is 5.97 Å². The van der Waals surface area contributed by atoms with Gasteiger partial charge in [-0.1, -0.05) is 42.5 Å². The molecule has 2 heterocycles. The summed E-state index contributed by atoms with van der Waals surface area (Å²) >= 11 is 1.30. The van der Waals surface area contributed by atoms with E-state index in [4.69, 9.17) is 24.0 Å². The van der Waals surface area contributed by atoms with Crippen molar-refractivity contribution in [3.05, 3.63) is 113 Å². The lowest BCUT2D eigenvalue weighted by Crippen LogP contribution is -2.28. The quantitative estimate of drug-likeness (QED) is 0.266. The lowest BCUT2D eigenvalue weighted by atomic mass is 10.1. The number of carboxylic acids is 1. The molecule has 0 bridgehead atoms. The van der Waals surface area contributed by atoms with Crippen molar-refractivity contribution in [1.29, 1.82) is 0 Å². The number of amides is 1. The largest absolute Gasteiger partial charge is 0.493 e. The van der Waals surface area contributed by atoms with Crippen molar-refractivity contribution in [1.82, 2.24) is 0 Å². The number of aromatic carboxylic acids is 1. The van der Waals surface area contributed by atoms with Gasteiger partial charge in [-0.2, -0.15) is 0 Å². The number of benzene rings is 3. The molecule has 190 valence electrons. The van der Waals surface area contributed by atoms with Crippen LogP contribution in [0.2, 0.25) is 0 Å². The average Bonchev–Trinajstić information content (AvgIpc) is 3.53. The Bertz CT molecular complexity index is 1530. The molecule has 0 saturated carbocycles. The van der Waals surface area contributed by atoms with Crippen molar-refractivity contribution in [2.45, 2.75) is 6.61 Å². The molecule has 38 heavy (non-hydrogen) atoms. The SMILES string of the molecule is COc1cc(/C=C2\SC(=Nc3ccccc3)N(c3ccccc3)C2=O)ccc1OCc1ccc(C(=O)O)o1. The Hall–Kier alpha value is -4.76. The topological polar surface area (TPSA) is 102 Å². The minimum atomic E-state index is -1.15. The average molecular weight is 527 g/mol. The van der Waals surface area contributed by atoms with E-state index in [-0.39, 0.29) is 18.3 Å². The Morgan fingerprint density at radius 2 is 1.74 bits per heavy atom. The number of para-hydroxylation sites is 2. The van der Waals surface area contributed by atoms with E-state index in [1.54, 1.807) is 29.2 Å². The molecule has 1 fully saturated rings. The molecular weight excluding hydrogens is 504 g/mol. The molecule has 0 spiro atoms. The summed E-state index contributed by atoms with van der Waals surface area (Å²) in [6.45, 7) is 0.0315. The highest BCUT2D eigenvalue weighted by molar-refractivity contribution is 8.19. The highest BCUT2D eigenvalue weighted by Crippen LogP contribution is 2.38. The van der Waals surface area contributed by atoms with Crippen LogP contribution in [-0.4, -0.2) is 29.3 Å². The molecule has 0 aliphatic carbocycles. The van der Waals surface area contributed by atoms with E-state index in [1.807, 2.05) is 66.7 Å². The normalized spacial score (nSPS) is 15.3. The van der Waals surface area contributed by atoms with Crippen LogP contribution in [0.25, 0.3) is 6.08 Å². The zero-order valence-corrected chi connectivity index (χ0v) is 21.1. The number of methoxy groups -OCH3 is 1. The highest BCUT2D eigenvalue weighted by atomic mass is 32.2. The molecule has 4 aromatic rings. The Kier molecular flexibility index (Phi) is 7.28. The van der Waals surface area contributed by atoms with Crippen LogP contribution in [-0.2, 0) is 11.4 Å². The van der Waals surface area contributed by atoms with Crippen molar-refractivity contribution in [3.63, 3.8) is 0 Å². The third-order valence-electron chi connectivity index (χ3n) is 5.53. The summed E-state index contributed by atoms with van der Waals surface area (Å²) < 4.78 is 16.5. The molecule has 1 amide bonds. The van der Waals surface area contributed by atoms with Gasteiger partial charge in [-0.05, 0) is 71.9 Å². The van der Waals surface area contributed by atoms with E-state index in [1.165, 1.54) is 24.9 Å². The zero-order chi connectivity index (χ0) is 26.5. The molecule has 0 atom stereocenters. The summed E-state index contributed by atoms with van der Waals surface area (Å²) in [5, 5.41) is 9.57. The van der Waals surface area contributed by atoms with E-state index in [0.29, 0.717) is 27.3 Å². The van der Waals surface area contributed by atoms with Gasteiger partial charge in [0.2, 0.25) is 5.76 Å². The van der Waals surface area contributed by atoms with Crippen molar-refractivity contribution >= 4 is 46.3 Å².